The fourth-order valence-corrected chi connectivity index (χ4v) is 2.66. The molecule has 0 unspecified atom stereocenters. The molecule has 0 radical (unpaired) electrons. The van der Waals surface area contributed by atoms with Crippen molar-refractivity contribution in [2.45, 2.75) is 0 Å². The normalized spacial score (nSPS) is 10.9. The van der Waals surface area contributed by atoms with E-state index in [0.717, 1.165) is 26.8 Å². The molecule has 0 saturated heterocycles. The largest absolute Gasteiger partial charge is 0.399 e. The first-order chi connectivity index (χ1) is 10.4. The monoisotopic (exact) mass is 296 g/mol. The van der Waals surface area contributed by atoms with Gasteiger partial charge in [0.15, 0.2) is 0 Å². The fourth-order valence-electron chi connectivity index (χ4n) is 1.78. The predicted octanol–water partition coefficient (Wildman–Crippen LogP) is 3.25. The number of rotatable bonds is 4. The number of nitrogens with zero attached hydrogens (tertiary/aromatic N) is 4. The van der Waals surface area contributed by atoms with E-state index in [1.807, 2.05) is 36.5 Å². The summed E-state index contributed by atoms with van der Waals surface area (Å²) < 4.78 is 0. The van der Waals surface area contributed by atoms with Crippen molar-refractivity contribution in [3.63, 3.8) is 0 Å². The summed E-state index contributed by atoms with van der Waals surface area (Å²) in [6, 6.07) is 9.64. The molecule has 0 aliphatic carbocycles. The molecule has 5 nitrogen and oxygen atoms in total. The predicted molar refractivity (Wildman–Crippen MR) is 83.2 cm³/mol. The summed E-state index contributed by atoms with van der Waals surface area (Å²) in [5.74, 6) is 0. The van der Waals surface area contributed by atoms with Crippen LogP contribution in [0.25, 0.3) is 21.1 Å². The molecule has 104 valence electrons. The molecule has 21 heavy (non-hydrogen) atoms. The number of pyridine rings is 2. The molecular weight excluding hydrogens is 284 g/mol. The van der Waals surface area contributed by atoms with Crippen LogP contribution in [0.5, 0.6) is 0 Å². The van der Waals surface area contributed by atoms with Crippen LogP contribution in [0.15, 0.2) is 54.1 Å². The Balaban J connectivity index is 1.91. The minimum atomic E-state index is 0.741. The molecule has 3 rings (SSSR count). The molecule has 0 bridgehead atoms. The van der Waals surface area contributed by atoms with E-state index in [9.17, 15) is 0 Å². The minimum absolute atomic E-state index is 0.741. The molecule has 0 atom stereocenters. The summed E-state index contributed by atoms with van der Waals surface area (Å²) in [5, 5.41) is 4.65. The zero-order valence-corrected chi connectivity index (χ0v) is 12.1. The summed E-state index contributed by atoms with van der Waals surface area (Å²) in [6.07, 6.45) is 6.95. The highest BCUT2D eigenvalue weighted by atomic mass is 32.1. The first kappa shape index (κ1) is 13.4. The van der Waals surface area contributed by atoms with Gasteiger partial charge in [-0.15, -0.1) is 11.3 Å². The summed E-state index contributed by atoms with van der Waals surface area (Å²) >= 11 is 1.58. The van der Waals surface area contributed by atoms with Crippen molar-refractivity contribution in [2.75, 3.05) is 7.11 Å². The Hall–Kier alpha value is -2.60. The number of hydrogen-bond donors (Lipinski definition) is 0. The third kappa shape index (κ3) is 3.11. The van der Waals surface area contributed by atoms with E-state index in [2.05, 4.69) is 24.9 Å². The Kier molecular flexibility index (Phi) is 3.97. The van der Waals surface area contributed by atoms with Gasteiger partial charge < -0.3 is 4.84 Å². The zero-order chi connectivity index (χ0) is 14.5. The van der Waals surface area contributed by atoms with Gasteiger partial charge in [-0.25, -0.2) is 9.97 Å². The van der Waals surface area contributed by atoms with E-state index in [0.29, 0.717) is 0 Å². The lowest BCUT2D eigenvalue weighted by Crippen LogP contribution is -1.89. The standard InChI is InChI=1S/C15H12N4OS/c1-20-18-9-12-5-2-6-13(19-12)14-10-17-15(21-14)11-4-3-7-16-8-11/h2-10H,1H3/b18-9+. The highest BCUT2D eigenvalue weighted by molar-refractivity contribution is 7.18. The van der Waals surface area contributed by atoms with Crippen LogP contribution in [0, 0.1) is 0 Å². The molecule has 0 spiro atoms. The molecule has 3 heterocycles. The van der Waals surface area contributed by atoms with Gasteiger partial charge in [0.25, 0.3) is 0 Å². The molecule has 0 N–H and O–H groups in total. The number of oxime groups is 1. The molecule has 3 aromatic heterocycles. The Bertz CT molecular complexity index is 755. The first-order valence-electron chi connectivity index (χ1n) is 6.27. The smallest absolute Gasteiger partial charge is 0.125 e. The van der Waals surface area contributed by atoms with Crippen molar-refractivity contribution < 1.29 is 4.84 Å². The first-order valence-corrected chi connectivity index (χ1v) is 7.08. The molecule has 0 aliphatic rings. The van der Waals surface area contributed by atoms with Crippen molar-refractivity contribution in [1.82, 2.24) is 15.0 Å². The Morgan fingerprint density at radius 1 is 1.19 bits per heavy atom. The second-order valence-electron chi connectivity index (χ2n) is 4.14. The van der Waals surface area contributed by atoms with Gasteiger partial charge in [-0.05, 0) is 24.3 Å². The number of aromatic nitrogens is 3. The maximum absolute atomic E-state index is 4.67. The average Bonchev–Trinajstić information content (AvgIpc) is 3.04. The summed E-state index contributed by atoms with van der Waals surface area (Å²) in [7, 11) is 1.50. The van der Waals surface area contributed by atoms with Crippen molar-refractivity contribution in [1.29, 1.82) is 0 Å². The maximum atomic E-state index is 4.67. The van der Waals surface area contributed by atoms with E-state index >= 15 is 0 Å². The second kappa shape index (κ2) is 6.23. The van der Waals surface area contributed by atoms with Gasteiger partial charge in [-0.3, -0.25) is 4.98 Å². The summed E-state index contributed by atoms with van der Waals surface area (Å²) in [6.45, 7) is 0. The van der Waals surface area contributed by atoms with Gasteiger partial charge in [0.2, 0.25) is 0 Å². The van der Waals surface area contributed by atoms with Crippen LogP contribution in [0.3, 0.4) is 0 Å². The lowest BCUT2D eigenvalue weighted by molar-refractivity contribution is 0.215. The van der Waals surface area contributed by atoms with Crippen LogP contribution in [0.4, 0.5) is 0 Å². The molecule has 0 saturated carbocycles. The Labute approximate surface area is 126 Å². The van der Waals surface area contributed by atoms with Crippen molar-refractivity contribution in [2.24, 2.45) is 5.16 Å². The van der Waals surface area contributed by atoms with Gasteiger partial charge in [0.1, 0.15) is 12.1 Å². The van der Waals surface area contributed by atoms with Gasteiger partial charge in [-0.2, -0.15) is 0 Å². The van der Waals surface area contributed by atoms with Crippen LogP contribution in [-0.4, -0.2) is 28.3 Å². The molecular formula is C15H12N4OS. The highest BCUT2D eigenvalue weighted by Gasteiger charge is 2.08. The van der Waals surface area contributed by atoms with Gasteiger partial charge >= 0.3 is 0 Å². The quantitative estimate of drug-likeness (QED) is 0.548. The van der Waals surface area contributed by atoms with E-state index in [4.69, 9.17) is 0 Å². The van der Waals surface area contributed by atoms with Crippen LogP contribution in [0.1, 0.15) is 5.69 Å². The van der Waals surface area contributed by atoms with E-state index < -0.39 is 0 Å². The third-order valence-corrected chi connectivity index (χ3v) is 3.80. The fraction of sp³-hybridized carbons (Fsp3) is 0.0667. The molecule has 0 amide bonds. The lowest BCUT2D eigenvalue weighted by Gasteiger charge is -1.97. The van der Waals surface area contributed by atoms with Crippen molar-refractivity contribution in [3.05, 3.63) is 54.6 Å². The lowest BCUT2D eigenvalue weighted by atomic mass is 10.3. The SMILES string of the molecule is CO/N=C/c1cccc(-c2cnc(-c3cccnc3)s2)n1. The number of hydrogen-bond acceptors (Lipinski definition) is 6. The third-order valence-electron chi connectivity index (χ3n) is 2.73. The summed E-state index contributed by atoms with van der Waals surface area (Å²) in [4.78, 5) is 18.7. The van der Waals surface area contributed by atoms with Gasteiger partial charge in [0.05, 0.1) is 22.5 Å². The highest BCUT2D eigenvalue weighted by Crippen LogP contribution is 2.30. The Morgan fingerprint density at radius 2 is 2.14 bits per heavy atom. The maximum Gasteiger partial charge on any atom is 0.125 e. The number of thiazole rings is 1. The second-order valence-corrected chi connectivity index (χ2v) is 5.17. The van der Waals surface area contributed by atoms with E-state index in [1.54, 1.807) is 29.9 Å². The van der Waals surface area contributed by atoms with E-state index in [1.165, 1.54) is 7.11 Å². The summed E-state index contributed by atoms with van der Waals surface area (Å²) in [5.41, 5.74) is 2.61. The topological polar surface area (TPSA) is 60.3 Å². The van der Waals surface area contributed by atoms with Crippen LogP contribution < -0.4 is 0 Å². The van der Waals surface area contributed by atoms with Crippen molar-refractivity contribution >= 4 is 17.6 Å². The van der Waals surface area contributed by atoms with E-state index in [-0.39, 0.29) is 0 Å². The average molecular weight is 296 g/mol. The molecule has 0 aliphatic heterocycles. The van der Waals surface area contributed by atoms with Gasteiger partial charge in [-0.1, -0.05) is 11.2 Å². The van der Waals surface area contributed by atoms with Crippen molar-refractivity contribution in [3.8, 4) is 21.1 Å². The van der Waals surface area contributed by atoms with Crippen LogP contribution >= 0.6 is 11.3 Å². The zero-order valence-electron chi connectivity index (χ0n) is 11.3. The molecule has 0 fully saturated rings. The molecule has 0 aromatic carbocycles. The van der Waals surface area contributed by atoms with Gasteiger partial charge in [0, 0.05) is 24.2 Å². The van der Waals surface area contributed by atoms with Crippen LogP contribution in [0.2, 0.25) is 0 Å². The molecule has 3 aromatic rings. The minimum Gasteiger partial charge on any atom is -0.399 e. The van der Waals surface area contributed by atoms with Crippen LogP contribution in [-0.2, 0) is 4.84 Å². The Morgan fingerprint density at radius 3 is 2.95 bits per heavy atom. The molecule has 6 heteroatoms.